The lowest BCUT2D eigenvalue weighted by atomic mass is 10.0. The molecule has 2 amide bonds. The highest BCUT2D eigenvalue weighted by atomic mass is 19.1. The largest absolute Gasteiger partial charge is 0.505 e. The Balaban J connectivity index is 1.92. The highest BCUT2D eigenvalue weighted by Gasteiger charge is 2.27. The van der Waals surface area contributed by atoms with E-state index in [-0.39, 0.29) is 12.2 Å². The summed E-state index contributed by atoms with van der Waals surface area (Å²) in [6.45, 7) is 1.87. The van der Waals surface area contributed by atoms with Crippen molar-refractivity contribution in [3.05, 3.63) is 84.2 Å². The van der Waals surface area contributed by atoms with Crippen LogP contribution in [0.1, 0.15) is 18.6 Å². The molecule has 33 heavy (non-hydrogen) atoms. The zero-order chi connectivity index (χ0) is 23.8. The van der Waals surface area contributed by atoms with Crippen LogP contribution in [-0.4, -0.2) is 35.0 Å². The van der Waals surface area contributed by atoms with Gasteiger partial charge >= 0.3 is 6.09 Å². The fourth-order valence-electron chi connectivity index (χ4n) is 3.27. The predicted octanol–water partition coefficient (Wildman–Crippen LogP) is 4.44. The molecule has 0 saturated heterocycles. The molecule has 0 saturated carbocycles. The predicted molar refractivity (Wildman–Crippen MR) is 119 cm³/mol. The van der Waals surface area contributed by atoms with E-state index in [2.05, 4.69) is 5.32 Å². The van der Waals surface area contributed by atoms with Gasteiger partial charge in [0.1, 0.15) is 6.10 Å². The third kappa shape index (κ3) is 6.06. The Morgan fingerprint density at radius 1 is 1.12 bits per heavy atom. The van der Waals surface area contributed by atoms with E-state index in [1.807, 2.05) is 30.3 Å². The molecule has 0 aromatic heterocycles. The smallest absolute Gasteiger partial charge is 0.412 e. The molecule has 0 heterocycles. The molecular formula is C24H23FN2O6. The number of phenols is 1. The number of benzene rings is 3. The van der Waals surface area contributed by atoms with Gasteiger partial charge in [-0.05, 0) is 42.1 Å². The number of hydroxylamine groups is 1. The standard InChI is InChI=1S/C24H23FN2O6/c1-2-32-21(12-13-22(29)27-31)23(16-10-11-20(28)18(25)14-16)33-24(30)26-19-9-5-7-15-6-3-4-8-17(15)19/h3-14,21,23,28,31H,2H2,1H3,(H,26,30)(H,27,29)/b13-12+/t21-,23-/m0/s1. The molecule has 0 spiro atoms. The fourth-order valence-corrected chi connectivity index (χ4v) is 3.27. The molecule has 2 atom stereocenters. The number of ether oxygens (including phenoxy) is 2. The molecular weight excluding hydrogens is 431 g/mol. The Labute approximate surface area is 189 Å². The number of hydrogen-bond acceptors (Lipinski definition) is 6. The minimum atomic E-state index is -1.18. The summed E-state index contributed by atoms with van der Waals surface area (Å²) in [5.41, 5.74) is 2.15. The van der Waals surface area contributed by atoms with Crippen LogP contribution >= 0.6 is 0 Å². The van der Waals surface area contributed by atoms with E-state index in [1.165, 1.54) is 17.6 Å². The topological polar surface area (TPSA) is 117 Å². The number of amides is 2. The monoisotopic (exact) mass is 454 g/mol. The number of rotatable bonds is 8. The second kappa shape index (κ2) is 11.1. The van der Waals surface area contributed by atoms with E-state index < -0.39 is 35.8 Å². The number of phenolic OH excluding ortho intramolecular Hbond substituents is 1. The van der Waals surface area contributed by atoms with Crippen LogP contribution in [0, 0.1) is 5.82 Å². The van der Waals surface area contributed by atoms with Crippen molar-refractivity contribution in [3.8, 4) is 5.75 Å². The lowest BCUT2D eigenvalue weighted by molar-refractivity contribution is -0.124. The van der Waals surface area contributed by atoms with Gasteiger partial charge in [-0.2, -0.15) is 0 Å². The number of nitrogens with one attached hydrogen (secondary N) is 2. The van der Waals surface area contributed by atoms with Gasteiger partial charge in [0.15, 0.2) is 17.7 Å². The van der Waals surface area contributed by atoms with E-state index in [1.54, 1.807) is 19.1 Å². The van der Waals surface area contributed by atoms with Crippen molar-refractivity contribution in [2.75, 3.05) is 11.9 Å². The number of halogens is 1. The molecule has 9 heteroatoms. The highest BCUT2D eigenvalue weighted by Crippen LogP contribution is 2.30. The molecule has 3 aromatic carbocycles. The maximum Gasteiger partial charge on any atom is 0.412 e. The quantitative estimate of drug-likeness (QED) is 0.227. The molecule has 0 aliphatic carbocycles. The summed E-state index contributed by atoms with van der Waals surface area (Å²) in [7, 11) is 0. The number of carbonyl (C=O) groups is 2. The summed E-state index contributed by atoms with van der Waals surface area (Å²) in [6, 6.07) is 16.4. The Bertz CT molecular complexity index is 1160. The lowest BCUT2D eigenvalue weighted by Crippen LogP contribution is -2.28. The van der Waals surface area contributed by atoms with Crippen molar-refractivity contribution in [1.82, 2.24) is 5.48 Å². The molecule has 8 nitrogen and oxygen atoms in total. The van der Waals surface area contributed by atoms with Crippen LogP contribution < -0.4 is 10.8 Å². The van der Waals surface area contributed by atoms with Crippen LogP contribution in [0.5, 0.6) is 5.75 Å². The van der Waals surface area contributed by atoms with Gasteiger partial charge in [-0.25, -0.2) is 14.7 Å². The molecule has 0 aliphatic rings. The Kier molecular flexibility index (Phi) is 7.96. The first-order chi connectivity index (χ1) is 15.9. The Hall–Kier alpha value is -3.95. The van der Waals surface area contributed by atoms with Gasteiger partial charge < -0.3 is 14.6 Å². The minimum absolute atomic E-state index is 0.182. The summed E-state index contributed by atoms with van der Waals surface area (Å²) in [5, 5.41) is 22.7. The number of hydrogen-bond donors (Lipinski definition) is 4. The van der Waals surface area contributed by atoms with E-state index in [0.717, 1.165) is 29.0 Å². The van der Waals surface area contributed by atoms with Gasteiger partial charge in [0.25, 0.3) is 5.91 Å². The Morgan fingerprint density at radius 2 is 1.88 bits per heavy atom. The maximum atomic E-state index is 14.1. The highest BCUT2D eigenvalue weighted by molar-refractivity contribution is 6.00. The average molecular weight is 454 g/mol. The third-order valence-electron chi connectivity index (χ3n) is 4.77. The van der Waals surface area contributed by atoms with Gasteiger partial charge in [-0.15, -0.1) is 0 Å². The second-order valence-electron chi connectivity index (χ2n) is 6.94. The van der Waals surface area contributed by atoms with Crippen LogP contribution in [0.3, 0.4) is 0 Å². The van der Waals surface area contributed by atoms with Gasteiger partial charge in [-0.3, -0.25) is 15.3 Å². The Morgan fingerprint density at radius 3 is 2.61 bits per heavy atom. The van der Waals surface area contributed by atoms with Crippen molar-refractivity contribution < 1.29 is 33.8 Å². The molecule has 0 fully saturated rings. The number of fused-ring (bicyclic) bond motifs is 1. The van der Waals surface area contributed by atoms with Crippen molar-refractivity contribution in [2.45, 2.75) is 19.1 Å². The summed E-state index contributed by atoms with van der Waals surface area (Å²) in [4.78, 5) is 24.3. The summed E-state index contributed by atoms with van der Waals surface area (Å²) >= 11 is 0. The van der Waals surface area contributed by atoms with E-state index >= 15 is 0 Å². The first kappa shape index (κ1) is 23.7. The first-order valence-corrected chi connectivity index (χ1v) is 10.1. The van der Waals surface area contributed by atoms with Crippen LogP contribution in [0.25, 0.3) is 10.8 Å². The zero-order valence-electron chi connectivity index (χ0n) is 17.7. The normalized spacial score (nSPS) is 12.9. The van der Waals surface area contributed by atoms with Gasteiger partial charge in [0, 0.05) is 18.1 Å². The van der Waals surface area contributed by atoms with E-state index in [9.17, 15) is 19.1 Å². The zero-order valence-corrected chi connectivity index (χ0v) is 17.7. The minimum Gasteiger partial charge on any atom is -0.505 e. The lowest BCUT2D eigenvalue weighted by Gasteiger charge is -2.25. The maximum absolute atomic E-state index is 14.1. The number of carbonyl (C=O) groups excluding carboxylic acids is 2. The van der Waals surface area contributed by atoms with Gasteiger partial charge in [-0.1, -0.05) is 42.5 Å². The molecule has 4 N–H and O–H groups in total. The second-order valence-corrected chi connectivity index (χ2v) is 6.94. The number of aromatic hydroxyl groups is 1. The fraction of sp³-hybridized carbons (Fsp3) is 0.167. The molecule has 0 unspecified atom stereocenters. The van der Waals surface area contributed by atoms with Crippen LogP contribution in [0.2, 0.25) is 0 Å². The molecule has 0 bridgehead atoms. The molecule has 3 rings (SSSR count). The van der Waals surface area contributed by atoms with Crippen LogP contribution in [0.4, 0.5) is 14.9 Å². The average Bonchev–Trinajstić information content (AvgIpc) is 2.82. The van der Waals surface area contributed by atoms with Crippen molar-refractivity contribution >= 4 is 28.5 Å². The van der Waals surface area contributed by atoms with Crippen molar-refractivity contribution in [1.29, 1.82) is 0 Å². The molecule has 0 aliphatic heterocycles. The summed E-state index contributed by atoms with van der Waals surface area (Å²) in [6.07, 6.45) is -0.756. The van der Waals surface area contributed by atoms with Gasteiger partial charge in [0.05, 0.1) is 5.69 Å². The summed E-state index contributed by atoms with van der Waals surface area (Å²) < 4.78 is 25.3. The first-order valence-electron chi connectivity index (χ1n) is 10.1. The van der Waals surface area contributed by atoms with Crippen molar-refractivity contribution in [3.63, 3.8) is 0 Å². The van der Waals surface area contributed by atoms with E-state index in [0.29, 0.717) is 5.69 Å². The van der Waals surface area contributed by atoms with Gasteiger partial charge in [0.2, 0.25) is 0 Å². The van der Waals surface area contributed by atoms with Crippen LogP contribution in [-0.2, 0) is 14.3 Å². The third-order valence-corrected chi connectivity index (χ3v) is 4.77. The summed E-state index contributed by atoms with van der Waals surface area (Å²) in [5.74, 6) is -2.31. The molecule has 0 radical (unpaired) electrons. The molecule has 172 valence electrons. The SMILES string of the molecule is CCO[C@@H](/C=C/C(=O)NO)[C@@H](OC(=O)Nc1cccc2ccccc12)c1ccc(O)c(F)c1. The van der Waals surface area contributed by atoms with Crippen LogP contribution in [0.15, 0.2) is 72.8 Å². The molecule has 3 aromatic rings. The van der Waals surface area contributed by atoms with Crippen molar-refractivity contribution in [2.24, 2.45) is 0 Å². The van der Waals surface area contributed by atoms with E-state index in [4.69, 9.17) is 14.7 Å². The number of anilines is 1.